The van der Waals surface area contributed by atoms with E-state index in [-0.39, 0.29) is 12.2 Å². The van der Waals surface area contributed by atoms with Gasteiger partial charge in [0.05, 0.1) is 0 Å². The predicted octanol–water partition coefficient (Wildman–Crippen LogP) is 2.66. The summed E-state index contributed by atoms with van der Waals surface area (Å²) < 4.78 is 10.7. The summed E-state index contributed by atoms with van der Waals surface area (Å²) in [4.78, 5) is 34.6. The molecule has 26 heavy (non-hydrogen) atoms. The molecule has 2 aromatic carbocycles. The Labute approximate surface area is 155 Å². The number of para-hydroxylation sites is 1. The topological polar surface area (TPSA) is 108 Å². The molecule has 0 heterocycles. The lowest BCUT2D eigenvalue weighted by Gasteiger charge is -2.14. The van der Waals surface area contributed by atoms with Crippen LogP contribution in [-0.2, 0) is 16.1 Å². The van der Waals surface area contributed by atoms with E-state index in [9.17, 15) is 14.4 Å². The molecule has 7 nitrogen and oxygen atoms in total. The maximum atomic E-state index is 12.3. The molecule has 0 spiro atoms. The van der Waals surface area contributed by atoms with Gasteiger partial charge >= 0.3 is 12.0 Å². The number of carbonyl (C=O) groups excluding carboxylic acids is 3. The van der Waals surface area contributed by atoms with E-state index in [1.54, 1.807) is 42.5 Å². The Morgan fingerprint density at radius 2 is 1.77 bits per heavy atom. The van der Waals surface area contributed by atoms with Crippen molar-refractivity contribution in [1.29, 1.82) is 0 Å². The maximum absolute atomic E-state index is 12.3. The van der Waals surface area contributed by atoms with Crippen molar-refractivity contribution in [2.45, 2.75) is 19.6 Å². The Hall–Kier alpha value is -3.06. The standard InChI is InChI=1S/C18H17ClN2O5/c1-11(16(22)21-18(20)24)26-17(23)14-4-2-3-5-15(14)25-10-12-6-8-13(19)9-7-12/h2-9,11H,10H2,1H3,(H3,20,21,22,24)/t11-/m0/s1. The highest BCUT2D eigenvalue weighted by molar-refractivity contribution is 6.30. The first-order valence-corrected chi connectivity index (χ1v) is 8.02. The van der Waals surface area contributed by atoms with E-state index >= 15 is 0 Å². The Morgan fingerprint density at radius 1 is 1.12 bits per heavy atom. The van der Waals surface area contributed by atoms with Gasteiger partial charge in [0, 0.05) is 5.02 Å². The number of primary amides is 1. The van der Waals surface area contributed by atoms with Crippen LogP contribution in [0.5, 0.6) is 5.75 Å². The van der Waals surface area contributed by atoms with Crippen molar-refractivity contribution in [2.75, 3.05) is 0 Å². The fourth-order valence-corrected chi connectivity index (χ4v) is 2.13. The fraction of sp³-hybridized carbons (Fsp3) is 0.167. The summed E-state index contributed by atoms with van der Waals surface area (Å²) in [5.74, 6) is -1.27. The van der Waals surface area contributed by atoms with E-state index in [0.29, 0.717) is 10.8 Å². The summed E-state index contributed by atoms with van der Waals surface area (Å²) in [6.45, 7) is 1.55. The van der Waals surface area contributed by atoms with Gasteiger partial charge in [0.25, 0.3) is 5.91 Å². The zero-order chi connectivity index (χ0) is 19.1. The molecule has 136 valence electrons. The van der Waals surface area contributed by atoms with Gasteiger partial charge in [-0.2, -0.15) is 0 Å². The molecule has 3 N–H and O–H groups in total. The monoisotopic (exact) mass is 376 g/mol. The number of hydrogen-bond acceptors (Lipinski definition) is 5. The highest BCUT2D eigenvalue weighted by Gasteiger charge is 2.22. The predicted molar refractivity (Wildman–Crippen MR) is 94.8 cm³/mol. The van der Waals surface area contributed by atoms with E-state index < -0.39 is 24.0 Å². The van der Waals surface area contributed by atoms with Gasteiger partial charge < -0.3 is 15.2 Å². The summed E-state index contributed by atoms with van der Waals surface area (Å²) in [5, 5.41) is 2.46. The number of ether oxygens (including phenoxy) is 2. The third kappa shape index (κ3) is 5.49. The van der Waals surface area contributed by atoms with Gasteiger partial charge in [-0.1, -0.05) is 35.9 Å². The summed E-state index contributed by atoms with van der Waals surface area (Å²) in [7, 11) is 0. The van der Waals surface area contributed by atoms with Crippen LogP contribution in [-0.4, -0.2) is 24.0 Å². The Balaban J connectivity index is 2.05. The molecule has 0 bridgehead atoms. The minimum atomic E-state index is -1.20. The number of amides is 3. The third-order valence-corrected chi connectivity index (χ3v) is 3.57. The number of nitrogens with one attached hydrogen (secondary N) is 1. The first-order chi connectivity index (χ1) is 12.4. The number of halogens is 1. The van der Waals surface area contributed by atoms with Crippen molar-refractivity contribution in [3.05, 3.63) is 64.7 Å². The maximum Gasteiger partial charge on any atom is 0.342 e. The molecule has 0 saturated heterocycles. The van der Waals surface area contributed by atoms with Gasteiger partial charge in [-0.3, -0.25) is 10.1 Å². The summed E-state index contributed by atoms with van der Waals surface area (Å²) in [5.41, 5.74) is 5.88. The molecule has 0 fully saturated rings. The minimum Gasteiger partial charge on any atom is -0.488 e. The minimum absolute atomic E-state index is 0.153. The molecule has 2 rings (SSSR count). The number of carbonyl (C=O) groups is 3. The number of benzene rings is 2. The molecule has 3 amide bonds. The van der Waals surface area contributed by atoms with Crippen LogP contribution in [0.2, 0.25) is 5.02 Å². The van der Waals surface area contributed by atoms with E-state index in [1.165, 1.54) is 13.0 Å². The quantitative estimate of drug-likeness (QED) is 0.753. The zero-order valence-corrected chi connectivity index (χ0v) is 14.7. The normalized spacial score (nSPS) is 11.3. The molecule has 0 aliphatic rings. The molecule has 0 aliphatic heterocycles. The molecule has 0 aliphatic carbocycles. The second-order valence-corrected chi connectivity index (χ2v) is 5.75. The van der Waals surface area contributed by atoms with E-state index in [2.05, 4.69) is 0 Å². The first kappa shape index (κ1) is 19.3. The Kier molecular flexibility index (Phi) is 6.57. The lowest BCUT2D eigenvalue weighted by atomic mass is 10.2. The molecular weight excluding hydrogens is 360 g/mol. The number of esters is 1. The number of imide groups is 1. The number of rotatable bonds is 6. The lowest BCUT2D eigenvalue weighted by Crippen LogP contribution is -2.42. The highest BCUT2D eigenvalue weighted by Crippen LogP contribution is 2.21. The molecule has 0 aromatic heterocycles. The smallest absolute Gasteiger partial charge is 0.342 e. The number of nitrogens with two attached hydrogens (primary N) is 1. The largest absolute Gasteiger partial charge is 0.488 e. The molecule has 0 unspecified atom stereocenters. The molecule has 0 radical (unpaired) electrons. The van der Waals surface area contributed by atoms with Crippen LogP contribution in [0.3, 0.4) is 0 Å². The van der Waals surface area contributed by atoms with Crippen LogP contribution in [0.4, 0.5) is 4.79 Å². The average Bonchev–Trinajstić information content (AvgIpc) is 2.60. The van der Waals surface area contributed by atoms with Crippen LogP contribution in [0.25, 0.3) is 0 Å². The molecule has 8 heteroatoms. The van der Waals surface area contributed by atoms with Gasteiger partial charge in [-0.25, -0.2) is 9.59 Å². The van der Waals surface area contributed by atoms with Crippen LogP contribution < -0.4 is 15.8 Å². The van der Waals surface area contributed by atoms with Crippen LogP contribution >= 0.6 is 11.6 Å². The van der Waals surface area contributed by atoms with Gasteiger partial charge in [-0.05, 0) is 36.8 Å². The van der Waals surface area contributed by atoms with Crippen LogP contribution in [0.1, 0.15) is 22.8 Å². The van der Waals surface area contributed by atoms with E-state index in [0.717, 1.165) is 5.56 Å². The highest BCUT2D eigenvalue weighted by atomic mass is 35.5. The lowest BCUT2D eigenvalue weighted by molar-refractivity contribution is -0.127. The van der Waals surface area contributed by atoms with E-state index in [4.69, 9.17) is 26.8 Å². The van der Waals surface area contributed by atoms with Gasteiger partial charge in [0.2, 0.25) is 0 Å². The molecule has 0 saturated carbocycles. The fourth-order valence-electron chi connectivity index (χ4n) is 2.00. The molecule has 2 aromatic rings. The second kappa shape index (κ2) is 8.87. The molecular formula is C18H17ClN2O5. The summed E-state index contributed by atoms with van der Waals surface area (Å²) in [6, 6.07) is 12.5. The van der Waals surface area contributed by atoms with Crippen molar-refractivity contribution < 1.29 is 23.9 Å². The number of urea groups is 1. The van der Waals surface area contributed by atoms with Crippen molar-refractivity contribution in [1.82, 2.24) is 5.32 Å². The summed E-state index contributed by atoms with van der Waals surface area (Å²) in [6.07, 6.45) is -1.20. The van der Waals surface area contributed by atoms with Gasteiger partial charge in [-0.15, -0.1) is 0 Å². The van der Waals surface area contributed by atoms with Crippen molar-refractivity contribution >= 4 is 29.5 Å². The van der Waals surface area contributed by atoms with Gasteiger partial charge in [0.15, 0.2) is 6.10 Å². The average molecular weight is 377 g/mol. The Bertz CT molecular complexity index is 807. The van der Waals surface area contributed by atoms with Gasteiger partial charge in [0.1, 0.15) is 17.9 Å². The van der Waals surface area contributed by atoms with Crippen molar-refractivity contribution in [3.63, 3.8) is 0 Å². The van der Waals surface area contributed by atoms with Crippen molar-refractivity contribution in [2.24, 2.45) is 5.73 Å². The third-order valence-electron chi connectivity index (χ3n) is 3.31. The van der Waals surface area contributed by atoms with Crippen molar-refractivity contribution in [3.8, 4) is 5.75 Å². The van der Waals surface area contributed by atoms with E-state index in [1.807, 2.05) is 5.32 Å². The first-order valence-electron chi connectivity index (χ1n) is 7.64. The summed E-state index contributed by atoms with van der Waals surface area (Å²) >= 11 is 5.84. The van der Waals surface area contributed by atoms with Crippen LogP contribution in [0.15, 0.2) is 48.5 Å². The Morgan fingerprint density at radius 3 is 2.42 bits per heavy atom. The van der Waals surface area contributed by atoms with Crippen LogP contribution in [0, 0.1) is 0 Å². The second-order valence-electron chi connectivity index (χ2n) is 5.31. The molecule has 1 atom stereocenters. The number of hydrogen-bond donors (Lipinski definition) is 2. The SMILES string of the molecule is C[C@H](OC(=O)c1ccccc1OCc1ccc(Cl)cc1)C(=O)NC(N)=O. The zero-order valence-electron chi connectivity index (χ0n) is 13.9.